The Bertz CT molecular complexity index is 771. The van der Waals surface area contributed by atoms with Gasteiger partial charge in [0, 0.05) is 12.5 Å². The fourth-order valence-electron chi connectivity index (χ4n) is 3.53. The van der Waals surface area contributed by atoms with Crippen LogP contribution in [0.5, 0.6) is 0 Å². The second kappa shape index (κ2) is 5.67. The van der Waals surface area contributed by atoms with E-state index in [4.69, 9.17) is 4.74 Å². The van der Waals surface area contributed by atoms with Crippen LogP contribution in [-0.4, -0.2) is 36.2 Å². The average Bonchev–Trinajstić information content (AvgIpc) is 2.85. The van der Waals surface area contributed by atoms with Gasteiger partial charge in [-0.3, -0.25) is 4.90 Å². The molecule has 1 aliphatic carbocycles. The lowest BCUT2D eigenvalue weighted by Gasteiger charge is -2.40. The van der Waals surface area contributed by atoms with Crippen LogP contribution in [0.15, 0.2) is 48.5 Å². The van der Waals surface area contributed by atoms with Gasteiger partial charge in [-0.05, 0) is 28.7 Å². The molecule has 1 saturated heterocycles. The standard InChI is InChI=1S/C19H17NO4/c21-18(22)17-9-10-20(17)19(23)24-11-16-14-7-3-1-5-12(14)13-6-2-4-8-15(13)16/h1-8,16-17H,9-11H2,(H,21,22)/p-1/t17-/m0/s1. The predicted octanol–water partition coefficient (Wildman–Crippen LogP) is 1.76. The van der Waals surface area contributed by atoms with E-state index < -0.39 is 18.1 Å². The number of benzene rings is 2. The molecular formula is C19H16NO4-. The highest BCUT2D eigenvalue weighted by atomic mass is 16.6. The largest absolute Gasteiger partial charge is 0.548 e. The molecule has 0 saturated carbocycles. The fraction of sp³-hybridized carbons (Fsp3) is 0.263. The molecule has 0 unspecified atom stereocenters. The Morgan fingerprint density at radius 2 is 1.62 bits per heavy atom. The minimum atomic E-state index is -1.23. The van der Waals surface area contributed by atoms with Gasteiger partial charge in [0.25, 0.3) is 0 Å². The number of likely N-dealkylation sites (tertiary alicyclic amines) is 1. The molecule has 122 valence electrons. The molecule has 24 heavy (non-hydrogen) atoms. The van der Waals surface area contributed by atoms with Gasteiger partial charge >= 0.3 is 6.09 Å². The van der Waals surface area contributed by atoms with Crippen LogP contribution in [0.4, 0.5) is 4.79 Å². The number of hydrogen-bond acceptors (Lipinski definition) is 4. The third-order valence-corrected chi connectivity index (χ3v) is 4.86. The molecule has 5 nitrogen and oxygen atoms in total. The molecule has 1 heterocycles. The zero-order valence-corrected chi connectivity index (χ0v) is 13.0. The molecule has 0 spiro atoms. The lowest BCUT2D eigenvalue weighted by molar-refractivity contribution is -0.314. The molecule has 1 amide bonds. The molecule has 0 N–H and O–H groups in total. The summed E-state index contributed by atoms with van der Waals surface area (Å²) < 4.78 is 5.42. The van der Waals surface area contributed by atoms with Crippen LogP contribution < -0.4 is 5.11 Å². The van der Waals surface area contributed by atoms with Gasteiger partial charge in [0.15, 0.2) is 0 Å². The van der Waals surface area contributed by atoms with E-state index in [1.807, 2.05) is 36.4 Å². The Labute approximate surface area is 139 Å². The summed E-state index contributed by atoms with van der Waals surface area (Å²) in [5, 5.41) is 10.9. The van der Waals surface area contributed by atoms with Crippen molar-refractivity contribution in [3.8, 4) is 11.1 Å². The first-order valence-electron chi connectivity index (χ1n) is 7.99. The first-order valence-corrected chi connectivity index (χ1v) is 7.99. The predicted molar refractivity (Wildman–Crippen MR) is 85.2 cm³/mol. The highest BCUT2D eigenvalue weighted by Gasteiger charge is 2.35. The van der Waals surface area contributed by atoms with Crippen molar-refractivity contribution in [3.05, 3.63) is 59.7 Å². The molecule has 1 atom stereocenters. The van der Waals surface area contributed by atoms with Crippen molar-refractivity contribution in [2.24, 2.45) is 0 Å². The number of nitrogens with zero attached hydrogens (tertiary/aromatic N) is 1. The smallest absolute Gasteiger partial charge is 0.410 e. The maximum Gasteiger partial charge on any atom is 0.410 e. The lowest BCUT2D eigenvalue weighted by Crippen LogP contribution is -2.59. The van der Waals surface area contributed by atoms with Gasteiger partial charge in [-0.15, -0.1) is 0 Å². The molecule has 4 rings (SSSR count). The maximum atomic E-state index is 12.1. The highest BCUT2D eigenvalue weighted by Crippen LogP contribution is 2.44. The number of aliphatic carboxylic acids is 1. The zero-order valence-electron chi connectivity index (χ0n) is 13.0. The Hall–Kier alpha value is -2.82. The summed E-state index contributed by atoms with van der Waals surface area (Å²) in [4.78, 5) is 24.3. The van der Waals surface area contributed by atoms with E-state index in [0.29, 0.717) is 13.0 Å². The van der Waals surface area contributed by atoms with Crippen molar-refractivity contribution in [3.63, 3.8) is 0 Å². The summed E-state index contributed by atoms with van der Waals surface area (Å²) in [6, 6.07) is 15.3. The van der Waals surface area contributed by atoms with E-state index in [2.05, 4.69) is 12.1 Å². The summed E-state index contributed by atoms with van der Waals surface area (Å²) >= 11 is 0. The van der Waals surface area contributed by atoms with E-state index in [-0.39, 0.29) is 12.5 Å². The minimum absolute atomic E-state index is 0.0240. The monoisotopic (exact) mass is 322 g/mol. The van der Waals surface area contributed by atoms with E-state index in [0.717, 1.165) is 22.3 Å². The number of rotatable bonds is 3. The van der Waals surface area contributed by atoms with Crippen LogP contribution in [0, 0.1) is 0 Å². The summed E-state index contributed by atoms with van der Waals surface area (Å²) in [6.07, 6.45) is -0.163. The van der Waals surface area contributed by atoms with Crippen LogP contribution in [0.1, 0.15) is 23.5 Å². The first-order chi connectivity index (χ1) is 11.7. The van der Waals surface area contributed by atoms with Crippen molar-refractivity contribution in [2.45, 2.75) is 18.4 Å². The second-order valence-electron chi connectivity index (χ2n) is 6.12. The highest BCUT2D eigenvalue weighted by molar-refractivity contribution is 5.81. The van der Waals surface area contributed by atoms with Crippen LogP contribution >= 0.6 is 0 Å². The Morgan fingerprint density at radius 3 is 2.12 bits per heavy atom. The van der Waals surface area contributed by atoms with Crippen LogP contribution in [0.3, 0.4) is 0 Å². The molecule has 2 aromatic rings. The number of amides is 1. The van der Waals surface area contributed by atoms with Gasteiger partial charge in [0.05, 0.1) is 12.0 Å². The molecule has 0 radical (unpaired) electrons. The van der Waals surface area contributed by atoms with Gasteiger partial charge < -0.3 is 14.6 Å². The SMILES string of the molecule is O=C([O-])[C@@H]1CCN1C(=O)OCC1c2ccccc2-c2ccccc21. The zero-order chi connectivity index (χ0) is 16.7. The molecule has 0 bridgehead atoms. The summed E-state index contributed by atoms with van der Waals surface area (Å²) in [6.45, 7) is 0.596. The molecule has 0 aromatic heterocycles. The van der Waals surface area contributed by atoms with Gasteiger partial charge in [-0.1, -0.05) is 48.5 Å². The Morgan fingerprint density at radius 1 is 1.04 bits per heavy atom. The number of carboxylic acids is 1. The quantitative estimate of drug-likeness (QED) is 0.863. The number of carbonyl (C=O) groups is 2. The van der Waals surface area contributed by atoms with Crippen molar-refractivity contribution in [1.82, 2.24) is 4.90 Å². The molecule has 5 heteroatoms. The summed E-state index contributed by atoms with van der Waals surface area (Å²) in [7, 11) is 0. The number of carbonyl (C=O) groups excluding carboxylic acids is 2. The van der Waals surface area contributed by atoms with Crippen molar-refractivity contribution < 1.29 is 19.4 Å². The second-order valence-corrected chi connectivity index (χ2v) is 6.12. The van der Waals surface area contributed by atoms with Crippen LogP contribution in [0.2, 0.25) is 0 Å². The maximum absolute atomic E-state index is 12.1. The Balaban J connectivity index is 1.53. The fourth-order valence-corrected chi connectivity index (χ4v) is 3.53. The topological polar surface area (TPSA) is 69.7 Å². The lowest BCUT2D eigenvalue weighted by atomic mass is 9.98. The van der Waals surface area contributed by atoms with E-state index in [9.17, 15) is 14.7 Å². The molecule has 1 aliphatic heterocycles. The summed E-state index contributed by atoms with van der Waals surface area (Å²) in [5.41, 5.74) is 4.58. The van der Waals surface area contributed by atoms with Crippen molar-refractivity contribution >= 4 is 12.1 Å². The summed E-state index contributed by atoms with van der Waals surface area (Å²) in [5.74, 6) is -1.25. The number of carboxylic acid groups (broad SMARTS) is 1. The number of fused-ring (bicyclic) bond motifs is 3. The van der Waals surface area contributed by atoms with E-state index in [1.165, 1.54) is 4.90 Å². The molecule has 2 aliphatic rings. The van der Waals surface area contributed by atoms with Crippen LogP contribution in [0.25, 0.3) is 11.1 Å². The van der Waals surface area contributed by atoms with E-state index >= 15 is 0 Å². The first kappa shape index (κ1) is 14.8. The molecule has 1 fully saturated rings. The van der Waals surface area contributed by atoms with Gasteiger partial charge in [-0.25, -0.2) is 4.79 Å². The van der Waals surface area contributed by atoms with Crippen molar-refractivity contribution in [2.75, 3.05) is 13.2 Å². The average molecular weight is 322 g/mol. The van der Waals surface area contributed by atoms with Gasteiger partial charge in [0.1, 0.15) is 6.61 Å². The van der Waals surface area contributed by atoms with Gasteiger partial charge in [0.2, 0.25) is 0 Å². The third-order valence-electron chi connectivity index (χ3n) is 4.86. The molecular weight excluding hydrogens is 306 g/mol. The number of ether oxygens (including phenoxy) is 1. The third kappa shape index (κ3) is 2.24. The van der Waals surface area contributed by atoms with E-state index in [1.54, 1.807) is 0 Å². The normalized spacial score (nSPS) is 18.5. The van der Waals surface area contributed by atoms with Gasteiger partial charge in [-0.2, -0.15) is 0 Å². The van der Waals surface area contributed by atoms with Crippen molar-refractivity contribution in [1.29, 1.82) is 0 Å². The Kier molecular flexibility index (Phi) is 3.49. The number of hydrogen-bond donors (Lipinski definition) is 0. The van der Waals surface area contributed by atoms with Crippen LogP contribution in [-0.2, 0) is 9.53 Å². The minimum Gasteiger partial charge on any atom is -0.548 e. The molecule has 2 aromatic carbocycles.